The van der Waals surface area contributed by atoms with E-state index >= 15 is 0 Å². The summed E-state index contributed by atoms with van der Waals surface area (Å²) in [5.41, 5.74) is 8.19. The van der Waals surface area contributed by atoms with Crippen LogP contribution in [0.15, 0.2) is 36.4 Å². The highest BCUT2D eigenvalue weighted by molar-refractivity contribution is 6.32. The number of benzene rings is 2. The zero-order valence-electron chi connectivity index (χ0n) is 27.4. The molecule has 0 aliphatic carbocycles. The van der Waals surface area contributed by atoms with Crippen LogP contribution < -0.4 is 20.5 Å². The second kappa shape index (κ2) is 22.0. The molecule has 3 N–H and O–H groups in total. The molecule has 0 aromatic heterocycles. The number of halogens is 2. The van der Waals surface area contributed by atoms with E-state index < -0.39 is 18.1 Å². The van der Waals surface area contributed by atoms with Gasteiger partial charge in [-0.05, 0) is 113 Å². The Morgan fingerprint density at radius 1 is 0.778 bits per heavy atom. The van der Waals surface area contributed by atoms with Crippen molar-refractivity contribution in [2.45, 2.75) is 71.4 Å². The lowest BCUT2D eigenvalue weighted by atomic mass is 10.1. The van der Waals surface area contributed by atoms with Crippen molar-refractivity contribution in [2.75, 3.05) is 60.0 Å². The minimum atomic E-state index is -0.939. The van der Waals surface area contributed by atoms with E-state index in [-0.39, 0.29) is 0 Å². The van der Waals surface area contributed by atoms with E-state index in [0.29, 0.717) is 23.0 Å². The van der Waals surface area contributed by atoms with E-state index in [2.05, 4.69) is 29.0 Å². The van der Waals surface area contributed by atoms with Crippen molar-refractivity contribution in [3.05, 3.63) is 57.6 Å². The Morgan fingerprint density at radius 3 is 1.76 bits per heavy atom. The molecule has 45 heavy (non-hydrogen) atoms. The molecular formula is C34H52Cl2N4O5. The second-order valence-electron chi connectivity index (χ2n) is 11.1. The third-order valence-electron chi connectivity index (χ3n) is 7.59. The second-order valence-corrected chi connectivity index (χ2v) is 12.0. The maximum atomic E-state index is 12.3. The molecule has 11 heteroatoms. The zero-order chi connectivity index (χ0) is 33.0. The van der Waals surface area contributed by atoms with Crippen molar-refractivity contribution in [3.8, 4) is 11.5 Å². The molecule has 0 fully saturated rings. The number of carbonyl (C=O) groups excluding carboxylic acids is 2. The Hall–Kier alpha value is -2.56. The van der Waals surface area contributed by atoms with Gasteiger partial charge in [-0.3, -0.25) is 10.5 Å². The Kier molecular flexibility index (Phi) is 18.9. The lowest BCUT2D eigenvalue weighted by molar-refractivity contribution is -0.159. The number of nitrogens with two attached hydrogens (primary N) is 1. The Bertz CT molecular complexity index is 1170. The van der Waals surface area contributed by atoms with Crippen LogP contribution in [0, 0.1) is 0 Å². The number of nitrogens with one attached hydrogen (secondary N) is 1. The summed E-state index contributed by atoms with van der Waals surface area (Å²) in [6.45, 7) is 10.1. The van der Waals surface area contributed by atoms with Crippen LogP contribution in [0.25, 0.3) is 0 Å². The molecule has 1 unspecified atom stereocenters. The highest BCUT2D eigenvalue weighted by Crippen LogP contribution is 2.24. The van der Waals surface area contributed by atoms with Crippen molar-refractivity contribution in [1.82, 2.24) is 15.1 Å². The summed E-state index contributed by atoms with van der Waals surface area (Å²) >= 11 is 12.8. The van der Waals surface area contributed by atoms with Crippen molar-refractivity contribution in [3.63, 3.8) is 0 Å². The van der Waals surface area contributed by atoms with E-state index in [1.54, 1.807) is 14.2 Å². The number of hydrogen-bond donors (Lipinski definition) is 2. The van der Waals surface area contributed by atoms with Gasteiger partial charge >= 0.3 is 11.9 Å². The third kappa shape index (κ3) is 15.1. The SMILES string of the molecule is CCCN(CCCCNC(=O)C(=O)OC(N)CCCN(CCC)CCc1ccc(OC)cc1Cl)CCc1ccc(OC)cc1Cl. The monoisotopic (exact) mass is 666 g/mol. The van der Waals surface area contributed by atoms with E-state index in [1.807, 2.05) is 36.4 Å². The van der Waals surface area contributed by atoms with Gasteiger partial charge in [0.2, 0.25) is 0 Å². The standard InChI is InChI=1S/C34H52Cl2N4O5/c1-5-18-39(22-15-26-11-13-28(43-3)24-30(26)35)20-8-7-17-38-33(41)34(42)45-32(37)10-9-21-40(19-6-2)23-16-27-12-14-29(44-4)25-31(27)36/h11-14,24-25,32H,5-10,15-23,37H2,1-4H3,(H,38,41). The van der Waals surface area contributed by atoms with Crippen LogP contribution in [0.2, 0.25) is 10.0 Å². The van der Waals surface area contributed by atoms with Gasteiger partial charge in [0, 0.05) is 29.7 Å². The normalized spacial score (nSPS) is 11.9. The number of ether oxygens (including phenoxy) is 3. The predicted molar refractivity (Wildman–Crippen MR) is 182 cm³/mol. The van der Waals surface area contributed by atoms with E-state index in [9.17, 15) is 9.59 Å². The molecule has 0 heterocycles. The number of methoxy groups -OCH3 is 2. The first-order valence-electron chi connectivity index (χ1n) is 16.0. The molecule has 0 radical (unpaired) electrons. The van der Waals surface area contributed by atoms with Gasteiger partial charge in [-0.2, -0.15) is 0 Å². The van der Waals surface area contributed by atoms with Crippen LogP contribution in [-0.2, 0) is 27.2 Å². The van der Waals surface area contributed by atoms with Crippen LogP contribution in [-0.4, -0.2) is 87.9 Å². The van der Waals surface area contributed by atoms with Crippen molar-refractivity contribution in [1.29, 1.82) is 0 Å². The van der Waals surface area contributed by atoms with E-state index in [0.717, 1.165) is 107 Å². The lowest BCUT2D eigenvalue weighted by Gasteiger charge is -2.23. The molecule has 252 valence electrons. The van der Waals surface area contributed by atoms with Gasteiger partial charge in [-0.15, -0.1) is 0 Å². The van der Waals surface area contributed by atoms with Crippen LogP contribution in [0.1, 0.15) is 63.5 Å². The summed E-state index contributed by atoms with van der Waals surface area (Å²) in [6.07, 6.45) is 5.77. The van der Waals surface area contributed by atoms with Crippen molar-refractivity contribution in [2.24, 2.45) is 5.73 Å². The van der Waals surface area contributed by atoms with Gasteiger partial charge in [0.25, 0.3) is 0 Å². The summed E-state index contributed by atoms with van der Waals surface area (Å²) < 4.78 is 15.7. The van der Waals surface area contributed by atoms with Gasteiger partial charge in [0.1, 0.15) is 11.5 Å². The first kappa shape index (κ1) is 38.6. The minimum absolute atomic E-state index is 0.400. The molecule has 9 nitrogen and oxygen atoms in total. The first-order chi connectivity index (χ1) is 21.7. The van der Waals surface area contributed by atoms with E-state index in [1.165, 1.54) is 0 Å². The van der Waals surface area contributed by atoms with Gasteiger partial charge in [0.15, 0.2) is 6.23 Å². The summed E-state index contributed by atoms with van der Waals surface area (Å²) in [4.78, 5) is 29.3. The molecular weight excluding hydrogens is 615 g/mol. The van der Waals surface area contributed by atoms with E-state index in [4.69, 9.17) is 43.1 Å². The summed E-state index contributed by atoms with van der Waals surface area (Å²) in [5, 5.41) is 4.07. The minimum Gasteiger partial charge on any atom is -0.497 e. The smallest absolute Gasteiger partial charge is 0.398 e. The number of rotatable bonds is 22. The molecule has 0 aliphatic heterocycles. The van der Waals surface area contributed by atoms with Crippen LogP contribution in [0.5, 0.6) is 11.5 Å². The largest absolute Gasteiger partial charge is 0.497 e. The molecule has 0 spiro atoms. The molecule has 0 bridgehead atoms. The fourth-order valence-electron chi connectivity index (χ4n) is 5.08. The maximum absolute atomic E-state index is 12.3. The van der Waals surface area contributed by atoms with Gasteiger partial charge in [0.05, 0.1) is 14.2 Å². The quantitative estimate of drug-likeness (QED) is 0.0711. The van der Waals surface area contributed by atoms with Crippen molar-refractivity contribution >= 4 is 35.1 Å². The molecule has 2 aromatic rings. The van der Waals surface area contributed by atoms with Crippen LogP contribution >= 0.6 is 23.2 Å². The Labute approximate surface area is 279 Å². The molecule has 0 saturated carbocycles. The molecule has 2 aromatic carbocycles. The fourth-order valence-corrected chi connectivity index (χ4v) is 5.61. The number of esters is 1. The zero-order valence-corrected chi connectivity index (χ0v) is 28.9. The number of nitrogens with zero attached hydrogens (tertiary/aromatic N) is 2. The van der Waals surface area contributed by atoms with Gasteiger partial charge in [-0.1, -0.05) is 49.2 Å². The number of unbranched alkanes of at least 4 members (excludes halogenated alkanes) is 1. The highest BCUT2D eigenvalue weighted by Gasteiger charge is 2.19. The van der Waals surface area contributed by atoms with Crippen LogP contribution in [0.3, 0.4) is 0 Å². The van der Waals surface area contributed by atoms with Crippen LogP contribution in [0.4, 0.5) is 0 Å². The third-order valence-corrected chi connectivity index (χ3v) is 8.29. The lowest BCUT2D eigenvalue weighted by Crippen LogP contribution is -2.38. The molecule has 2 rings (SSSR count). The van der Waals surface area contributed by atoms with Crippen molar-refractivity contribution < 1.29 is 23.8 Å². The average Bonchev–Trinajstić information content (AvgIpc) is 3.02. The van der Waals surface area contributed by atoms with Gasteiger partial charge in [-0.25, -0.2) is 4.79 Å². The average molecular weight is 668 g/mol. The topological polar surface area (TPSA) is 106 Å². The number of hydrogen-bond acceptors (Lipinski definition) is 8. The summed E-state index contributed by atoms with van der Waals surface area (Å²) in [5.74, 6) is -0.205. The molecule has 0 aliphatic rings. The molecule has 1 amide bonds. The Morgan fingerprint density at radius 2 is 1.29 bits per heavy atom. The molecule has 0 saturated heterocycles. The number of amides is 1. The predicted octanol–water partition coefficient (Wildman–Crippen LogP) is 5.72. The number of carbonyl (C=O) groups is 2. The maximum Gasteiger partial charge on any atom is 0.398 e. The fraction of sp³-hybridized carbons (Fsp3) is 0.588. The summed E-state index contributed by atoms with van der Waals surface area (Å²) in [7, 11) is 3.25. The Balaban J connectivity index is 1.63. The summed E-state index contributed by atoms with van der Waals surface area (Å²) in [6, 6.07) is 11.5. The molecule has 1 atom stereocenters. The first-order valence-corrected chi connectivity index (χ1v) is 16.8. The van der Waals surface area contributed by atoms with Gasteiger partial charge < -0.3 is 29.3 Å². The highest BCUT2D eigenvalue weighted by atomic mass is 35.5.